The topological polar surface area (TPSA) is 46.4 Å². The Kier molecular flexibility index (Phi) is 5.31. The summed E-state index contributed by atoms with van der Waals surface area (Å²) in [5, 5.41) is 11.0. The first-order chi connectivity index (χ1) is 10.3. The van der Waals surface area contributed by atoms with Crippen molar-refractivity contribution in [1.29, 1.82) is 0 Å². The maximum Gasteiger partial charge on any atom is 0.415 e. The molecule has 1 aliphatic carbocycles. The van der Waals surface area contributed by atoms with Gasteiger partial charge in [-0.15, -0.1) is 0 Å². The zero-order valence-electron chi connectivity index (χ0n) is 11.8. The molecule has 0 spiro atoms. The average molecular weight is 381 g/mol. The molecule has 0 aromatic carbocycles. The fourth-order valence-electron chi connectivity index (χ4n) is 2.70. The van der Waals surface area contributed by atoms with Gasteiger partial charge >= 0.3 is 6.18 Å². The van der Waals surface area contributed by atoms with Crippen molar-refractivity contribution in [3.63, 3.8) is 0 Å². The fourth-order valence-corrected chi connectivity index (χ4v) is 3.26. The molecule has 0 atom stereocenters. The van der Waals surface area contributed by atoms with Gasteiger partial charge in [-0.1, -0.05) is 12.8 Å². The summed E-state index contributed by atoms with van der Waals surface area (Å²) in [7, 11) is 0. The average Bonchev–Trinajstić information content (AvgIpc) is 2.76. The van der Waals surface area contributed by atoms with E-state index in [0.29, 0.717) is 13.1 Å². The van der Waals surface area contributed by atoms with Crippen molar-refractivity contribution in [3.8, 4) is 0 Å². The summed E-state index contributed by atoms with van der Waals surface area (Å²) in [6.07, 6.45) is 1.02. The number of rotatable bonds is 2. The van der Waals surface area contributed by atoms with E-state index in [2.05, 4.69) is 15.9 Å². The molecule has 1 heterocycles. The van der Waals surface area contributed by atoms with Crippen molar-refractivity contribution in [2.45, 2.75) is 38.3 Å². The van der Waals surface area contributed by atoms with Gasteiger partial charge in [-0.25, -0.2) is 0 Å². The molecule has 1 saturated heterocycles. The van der Waals surface area contributed by atoms with Crippen LogP contribution in [-0.2, 0) is 0 Å². The van der Waals surface area contributed by atoms with E-state index in [9.17, 15) is 23.3 Å². The third kappa shape index (κ3) is 3.91. The Bertz CT molecular complexity index is 545. The SMILES string of the molecule is O=[N+]([O-])C1=C(Br)CC(C(F)(F)F)=C(N2CCCCCC2)C=C1. The molecular formula is C14H16BrF3N2O2. The minimum absolute atomic E-state index is 0.0501. The summed E-state index contributed by atoms with van der Waals surface area (Å²) in [5.41, 5.74) is -0.996. The van der Waals surface area contributed by atoms with Crippen molar-refractivity contribution in [3.05, 3.63) is 43.7 Å². The number of allylic oxidation sites excluding steroid dienone is 4. The highest BCUT2D eigenvalue weighted by molar-refractivity contribution is 9.11. The molecular weight excluding hydrogens is 365 g/mol. The number of nitrogens with zero attached hydrogens (tertiary/aromatic N) is 2. The summed E-state index contributed by atoms with van der Waals surface area (Å²) < 4.78 is 40.1. The van der Waals surface area contributed by atoms with Crippen LogP contribution in [-0.4, -0.2) is 29.1 Å². The van der Waals surface area contributed by atoms with Gasteiger partial charge < -0.3 is 4.90 Å². The molecule has 0 aromatic heterocycles. The van der Waals surface area contributed by atoms with E-state index in [-0.39, 0.29) is 15.9 Å². The lowest BCUT2D eigenvalue weighted by Crippen LogP contribution is -2.27. The Labute approximate surface area is 134 Å². The van der Waals surface area contributed by atoms with Gasteiger partial charge in [0, 0.05) is 31.3 Å². The molecule has 1 aliphatic heterocycles. The molecule has 4 nitrogen and oxygen atoms in total. The molecule has 8 heteroatoms. The highest BCUT2D eigenvalue weighted by Crippen LogP contribution is 2.39. The van der Waals surface area contributed by atoms with Crippen molar-refractivity contribution < 1.29 is 18.1 Å². The van der Waals surface area contributed by atoms with Crippen LogP contribution in [0.3, 0.4) is 0 Å². The van der Waals surface area contributed by atoms with Crippen LogP contribution in [0.5, 0.6) is 0 Å². The normalized spacial score (nSPS) is 21.0. The van der Waals surface area contributed by atoms with Gasteiger partial charge in [-0.3, -0.25) is 10.1 Å². The third-order valence-electron chi connectivity index (χ3n) is 3.80. The number of hydrogen-bond donors (Lipinski definition) is 0. The predicted molar refractivity (Wildman–Crippen MR) is 79.8 cm³/mol. The Morgan fingerprint density at radius 2 is 1.73 bits per heavy atom. The highest BCUT2D eigenvalue weighted by atomic mass is 79.9. The number of halogens is 4. The van der Waals surface area contributed by atoms with E-state index < -0.39 is 23.1 Å². The summed E-state index contributed by atoms with van der Waals surface area (Å²) in [6.45, 7) is 1.09. The lowest BCUT2D eigenvalue weighted by Gasteiger charge is -2.27. The van der Waals surface area contributed by atoms with Crippen LogP contribution in [0.4, 0.5) is 13.2 Å². The maximum absolute atomic E-state index is 13.4. The first-order valence-corrected chi connectivity index (χ1v) is 7.86. The van der Waals surface area contributed by atoms with Crippen molar-refractivity contribution in [2.24, 2.45) is 0 Å². The van der Waals surface area contributed by atoms with Crippen LogP contribution < -0.4 is 0 Å². The standard InChI is InChI=1S/C14H16BrF3N2O2/c15-11-9-10(14(16,17)18)12(5-6-13(11)20(21)22)19-7-3-1-2-4-8-19/h5-6H,1-4,7-9H2. The van der Waals surface area contributed by atoms with E-state index in [1.807, 2.05) is 0 Å². The van der Waals surface area contributed by atoms with E-state index in [4.69, 9.17) is 0 Å². The molecule has 0 radical (unpaired) electrons. The van der Waals surface area contributed by atoms with Gasteiger partial charge in [0.1, 0.15) is 0 Å². The smallest absolute Gasteiger partial charge is 0.371 e. The van der Waals surface area contributed by atoms with E-state index in [1.54, 1.807) is 4.90 Å². The van der Waals surface area contributed by atoms with Gasteiger partial charge in [0.2, 0.25) is 0 Å². The third-order valence-corrected chi connectivity index (χ3v) is 4.49. The number of nitro groups is 1. The molecule has 0 amide bonds. The second-order valence-electron chi connectivity index (χ2n) is 5.32. The Morgan fingerprint density at radius 3 is 2.23 bits per heavy atom. The minimum Gasteiger partial charge on any atom is -0.371 e. The van der Waals surface area contributed by atoms with E-state index in [0.717, 1.165) is 31.8 Å². The second-order valence-corrected chi connectivity index (χ2v) is 6.28. The van der Waals surface area contributed by atoms with E-state index >= 15 is 0 Å². The zero-order valence-corrected chi connectivity index (χ0v) is 13.4. The molecule has 2 rings (SSSR count). The second kappa shape index (κ2) is 6.85. The lowest BCUT2D eigenvalue weighted by molar-refractivity contribution is -0.419. The summed E-state index contributed by atoms with van der Waals surface area (Å²) in [5.74, 6) is 0. The van der Waals surface area contributed by atoms with Crippen molar-refractivity contribution in [1.82, 2.24) is 4.90 Å². The monoisotopic (exact) mass is 380 g/mol. The van der Waals surface area contributed by atoms with Gasteiger partial charge in [0.15, 0.2) is 0 Å². The molecule has 0 unspecified atom stereocenters. The largest absolute Gasteiger partial charge is 0.415 e. The Balaban J connectivity index is 2.45. The molecule has 0 saturated carbocycles. The molecule has 1 fully saturated rings. The first kappa shape index (κ1) is 17.1. The molecule has 2 aliphatic rings. The van der Waals surface area contributed by atoms with Crippen molar-refractivity contribution >= 4 is 15.9 Å². The highest BCUT2D eigenvalue weighted by Gasteiger charge is 2.39. The van der Waals surface area contributed by atoms with E-state index in [1.165, 1.54) is 6.08 Å². The molecule has 0 bridgehead atoms. The summed E-state index contributed by atoms with van der Waals surface area (Å²) in [4.78, 5) is 12.0. The number of likely N-dealkylation sites (tertiary alicyclic amines) is 1. The van der Waals surface area contributed by atoms with Crippen LogP contribution in [0.1, 0.15) is 32.1 Å². The van der Waals surface area contributed by atoms with Crippen LogP contribution >= 0.6 is 15.9 Å². The minimum atomic E-state index is -4.52. The van der Waals surface area contributed by atoms with Crippen LogP contribution in [0.25, 0.3) is 0 Å². The summed E-state index contributed by atoms with van der Waals surface area (Å²) in [6, 6.07) is 0. The van der Waals surface area contributed by atoms with Gasteiger partial charge in [0.25, 0.3) is 5.70 Å². The quantitative estimate of drug-likeness (QED) is 0.522. The molecule has 122 valence electrons. The van der Waals surface area contributed by atoms with Crippen molar-refractivity contribution in [2.75, 3.05) is 13.1 Å². The molecule has 0 N–H and O–H groups in total. The fraction of sp³-hybridized carbons (Fsp3) is 0.571. The summed E-state index contributed by atoms with van der Waals surface area (Å²) >= 11 is 2.94. The first-order valence-electron chi connectivity index (χ1n) is 7.07. The Hall–Kier alpha value is -1.31. The predicted octanol–water partition coefficient (Wildman–Crippen LogP) is 4.52. The lowest BCUT2D eigenvalue weighted by atomic mass is 10.1. The van der Waals surface area contributed by atoms with Crippen LogP contribution in [0.15, 0.2) is 33.6 Å². The van der Waals surface area contributed by atoms with Crippen LogP contribution in [0.2, 0.25) is 0 Å². The molecule has 0 aromatic rings. The molecule has 22 heavy (non-hydrogen) atoms. The zero-order chi connectivity index (χ0) is 16.3. The number of hydrogen-bond acceptors (Lipinski definition) is 3. The maximum atomic E-state index is 13.4. The van der Waals surface area contributed by atoms with Gasteiger partial charge in [-0.05, 0) is 34.8 Å². The van der Waals surface area contributed by atoms with Gasteiger partial charge in [0.05, 0.1) is 15.0 Å². The van der Waals surface area contributed by atoms with Crippen LogP contribution in [0, 0.1) is 10.1 Å². The number of alkyl halides is 3. The Morgan fingerprint density at radius 1 is 1.14 bits per heavy atom. The van der Waals surface area contributed by atoms with Gasteiger partial charge in [-0.2, -0.15) is 13.2 Å².